The molecule has 0 saturated carbocycles. The molecular weight excluding hydrogens is 338 g/mol. The molecule has 8 nitrogen and oxygen atoms in total. The minimum atomic E-state index is -0.366. The average molecular weight is 350 g/mol. The molecule has 0 spiro atoms. The lowest BCUT2D eigenvalue weighted by Gasteiger charge is -2.00. The number of rotatable bonds is 5. The smallest absolute Gasteiger partial charge is 0.291 e. The van der Waals surface area contributed by atoms with Crippen molar-refractivity contribution in [3.63, 3.8) is 0 Å². The number of thiazole rings is 1. The van der Waals surface area contributed by atoms with Crippen LogP contribution in [0.5, 0.6) is 0 Å². The predicted molar refractivity (Wildman–Crippen MR) is 85.2 cm³/mol. The first-order chi connectivity index (χ1) is 11.1. The van der Waals surface area contributed by atoms with Gasteiger partial charge >= 0.3 is 0 Å². The Morgan fingerprint density at radius 1 is 1.35 bits per heavy atom. The van der Waals surface area contributed by atoms with E-state index in [1.165, 1.54) is 16.0 Å². The molecule has 118 valence electrons. The van der Waals surface area contributed by atoms with E-state index in [1.807, 2.05) is 5.38 Å². The molecule has 0 saturated heterocycles. The number of nitrogens with one attached hydrogen (secondary N) is 1. The number of halogens is 1. The molecule has 3 aromatic rings. The molecule has 3 heterocycles. The van der Waals surface area contributed by atoms with Crippen molar-refractivity contribution in [2.75, 3.05) is 6.54 Å². The van der Waals surface area contributed by atoms with E-state index in [4.69, 9.17) is 11.6 Å². The van der Waals surface area contributed by atoms with E-state index in [0.717, 1.165) is 10.7 Å². The fourth-order valence-electron chi connectivity index (χ4n) is 1.78. The van der Waals surface area contributed by atoms with Crippen LogP contribution in [0.25, 0.3) is 10.8 Å². The molecule has 23 heavy (non-hydrogen) atoms. The van der Waals surface area contributed by atoms with Crippen LogP contribution >= 0.6 is 22.9 Å². The lowest BCUT2D eigenvalue weighted by atomic mass is 10.3. The SMILES string of the molecule is Cn1nc(C(=O)NCCc2csc(-c3ncccn3)n2)nc1Cl. The highest BCUT2D eigenvalue weighted by molar-refractivity contribution is 7.13. The second-order valence-electron chi connectivity index (χ2n) is 4.55. The standard InChI is InChI=1S/C13H12ClN7OS/c1-21-13(14)19-9(20-21)11(22)17-6-3-8-7-23-12(18-8)10-15-4-2-5-16-10/h2,4-5,7H,3,6H2,1H3,(H,17,22). The van der Waals surface area contributed by atoms with E-state index in [-0.39, 0.29) is 17.0 Å². The van der Waals surface area contributed by atoms with Gasteiger partial charge in [0.25, 0.3) is 5.91 Å². The third-order valence-corrected chi connectivity index (χ3v) is 4.10. The first-order valence-corrected chi connectivity index (χ1v) is 7.96. The molecule has 0 aliphatic rings. The van der Waals surface area contributed by atoms with Crippen LogP contribution in [0.3, 0.4) is 0 Å². The van der Waals surface area contributed by atoms with E-state index in [1.54, 1.807) is 25.5 Å². The van der Waals surface area contributed by atoms with Crippen molar-refractivity contribution in [2.24, 2.45) is 7.05 Å². The number of aryl methyl sites for hydroxylation is 1. The summed E-state index contributed by atoms with van der Waals surface area (Å²) < 4.78 is 1.34. The van der Waals surface area contributed by atoms with Crippen LogP contribution in [0.4, 0.5) is 0 Å². The summed E-state index contributed by atoms with van der Waals surface area (Å²) in [6.07, 6.45) is 3.94. The maximum atomic E-state index is 11.9. The van der Waals surface area contributed by atoms with Gasteiger partial charge in [-0.3, -0.25) is 4.79 Å². The molecule has 1 amide bonds. The first kappa shape index (κ1) is 15.5. The van der Waals surface area contributed by atoms with Crippen molar-refractivity contribution in [3.8, 4) is 10.8 Å². The van der Waals surface area contributed by atoms with Gasteiger partial charge in [0.2, 0.25) is 11.1 Å². The second-order valence-corrected chi connectivity index (χ2v) is 5.75. The number of aromatic nitrogens is 6. The molecule has 0 atom stereocenters. The maximum absolute atomic E-state index is 11.9. The van der Waals surface area contributed by atoms with Gasteiger partial charge in [-0.1, -0.05) is 0 Å². The van der Waals surface area contributed by atoms with Crippen molar-refractivity contribution in [1.82, 2.24) is 35.0 Å². The zero-order chi connectivity index (χ0) is 16.2. The first-order valence-electron chi connectivity index (χ1n) is 6.70. The molecule has 0 aliphatic carbocycles. The average Bonchev–Trinajstić information content (AvgIpc) is 3.16. The Morgan fingerprint density at radius 3 is 2.83 bits per heavy atom. The molecule has 0 unspecified atom stereocenters. The summed E-state index contributed by atoms with van der Waals surface area (Å²) in [5.74, 6) is 0.281. The normalized spacial score (nSPS) is 10.7. The summed E-state index contributed by atoms with van der Waals surface area (Å²) in [4.78, 5) is 28.5. The maximum Gasteiger partial charge on any atom is 0.291 e. The Labute approximate surface area is 140 Å². The lowest BCUT2D eigenvalue weighted by molar-refractivity contribution is 0.0943. The van der Waals surface area contributed by atoms with E-state index in [9.17, 15) is 4.79 Å². The van der Waals surface area contributed by atoms with Crippen LogP contribution in [-0.4, -0.2) is 42.2 Å². The Hall–Kier alpha value is -2.39. The Kier molecular flexibility index (Phi) is 4.58. The van der Waals surface area contributed by atoms with Crippen molar-refractivity contribution in [3.05, 3.63) is 40.6 Å². The van der Waals surface area contributed by atoms with E-state index < -0.39 is 0 Å². The monoisotopic (exact) mass is 349 g/mol. The summed E-state index contributed by atoms with van der Waals surface area (Å²) in [6, 6.07) is 1.76. The van der Waals surface area contributed by atoms with E-state index in [0.29, 0.717) is 18.8 Å². The zero-order valence-electron chi connectivity index (χ0n) is 12.1. The molecule has 10 heteroatoms. The molecule has 1 N–H and O–H groups in total. The quantitative estimate of drug-likeness (QED) is 0.746. The summed E-state index contributed by atoms with van der Waals surface area (Å²) in [6.45, 7) is 0.424. The Morgan fingerprint density at radius 2 is 2.13 bits per heavy atom. The number of carbonyl (C=O) groups excluding carboxylic acids is 1. The van der Waals surface area contributed by atoms with Crippen molar-refractivity contribution in [2.45, 2.75) is 6.42 Å². The van der Waals surface area contributed by atoms with Crippen LogP contribution in [-0.2, 0) is 13.5 Å². The third kappa shape index (κ3) is 3.69. The lowest BCUT2D eigenvalue weighted by Crippen LogP contribution is -2.27. The van der Waals surface area contributed by atoms with Crippen LogP contribution in [0, 0.1) is 0 Å². The van der Waals surface area contributed by atoms with E-state index in [2.05, 4.69) is 30.4 Å². The summed E-state index contributed by atoms with van der Waals surface area (Å²) in [5.41, 5.74) is 0.866. The molecule has 0 bridgehead atoms. The highest BCUT2D eigenvalue weighted by Crippen LogP contribution is 2.19. The molecule has 0 aromatic carbocycles. The summed E-state index contributed by atoms with van der Waals surface area (Å²) in [5, 5.41) is 9.49. The van der Waals surface area contributed by atoms with E-state index >= 15 is 0 Å². The molecule has 3 aromatic heterocycles. The second kappa shape index (κ2) is 6.80. The molecule has 3 rings (SSSR count). The number of amides is 1. The van der Waals surface area contributed by atoms with Crippen LogP contribution < -0.4 is 5.32 Å². The van der Waals surface area contributed by atoms with Crippen LogP contribution in [0.2, 0.25) is 5.28 Å². The van der Waals surface area contributed by atoms with Gasteiger partial charge in [-0.2, -0.15) is 4.98 Å². The summed E-state index contributed by atoms with van der Waals surface area (Å²) in [7, 11) is 1.62. The largest absolute Gasteiger partial charge is 0.349 e. The zero-order valence-corrected chi connectivity index (χ0v) is 13.7. The number of hydrogen-bond acceptors (Lipinski definition) is 7. The van der Waals surface area contributed by atoms with Gasteiger partial charge in [-0.15, -0.1) is 16.4 Å². The van der Waals surface area contributed by atoms with Crippen molar-refractivity contribution < 1.29 is 4.79 Å². The highest BCUT2D eigenvalue weighted by Gasteiger charge is 2.13. The minimum Gasteiger partial charge on any atom is -0.349 e. The van der Waals surface area contributed by atoms with Crippen molar-refractivity contribution in [1.29, 1.82) is 0 Å². The van der Waals surface area contributed by atoms with Gasteiger partial charge in [0.15, 0.2) is 10.8 Å². The Bertz CT molecular complexity index is 797. The predicted octanol–water partition coefficient (Wildman–Crippen LogP) is 1.35. The minimum absolute atomic E-state index is 0.0501. The molecule has 0 radical (unpaired) electrons. The molecule has 0 aliphatic heterocycles. The number of carbonyl (C=O) groups is 1. The fourth-order valence-corrected chi connectivity index (χ4v) is 2.70. The van der Waals surface area contributed by atoms with Gasteiger partial charge in [0.05, 0.1) is 5.69 Å². The fraction of sp³-hybridized carbons (Fsp3) is 0.231. The summed E-state index contributed by atoms with van der Waals surface area (Å²) >= 11 is 7.22. The van der Waals surface area contributed by atoms with Crippen molar-refractivity contribution >= 4 is 28.8 Å². The van der Waals surface area contributed by atoms with Gasteiger partial charge < -0.3 is 5.32 Å². The van der Waals surface area contributed by atoms with Gasteiger partial charge in [-0.05, 0) is 17.7 Å². The number of hydrogen-bond donors (Lipinski definition) is 1. The van der Waals surface area contributed by atoms with Crippen LogP contribution in [0.1, 0.15) is 16.3 Å². The topological polar surface area (TPSA) is 98.5 Å². The molecule has 0 fully saturated rings. The van der Waals surface area contributed by atoms with Crippen LogP contribution in [0.15, 0.2) is 23.8 Å². The number of nitrogens with zero attached hydrogens (tertiary/aromatic N) is 6. The van der Waals surface area contributed by atoms with Gasteiger partial charge in [0.1, 0.15) is 0 Å². The Balaban J connectivity index is 1.55. The molecular formula is C13H12ClN7OS. The third-order valence-electron chi connectivity index (χ3n) is 2.89. The van der Waals surface area contributed by atoms with Gasteiger partial charge in [-0.25, -0.2) is 19.6 Å². The highest BCUT2D eigenvalue weighted by atomic mass is 35.5. The van der Waals surface area contributed by atoms with Gasteiger partial charge in [0, 0.05) is 37.8 Å².